The quantitative estimate of drug-likeness (QED) is 0.513. The third kappa shape index (κ3) is 3.48. The van der Waals surface area contributed by atoms with Gasteiger partial charge in [-0.15, -0.1) is 0 Å². The number of anilines is 1. The first-order valence-corrected chi connectivity index (χ1v) is 8.72. The minimum atomic E-state index is -0.286. The van der Waals surface area contributed by atoms with Crippen LogP contribution in [0.25, 0.3) is 22.1 Å². The number of ether oxygens (including phenoxy) is 1. The van der Waals surface area contributed by atoms with E-state index >= 15 is 0 Å². The summed E-state index contributed by atoms with van der Waals surface area (Å²) < 4.78 is 11.0. The van der Waals surface area contributed by atoms with Gasteiger partial charge in [-0.2, -0.15) is 0 Å². The van der Waals surface area contributed by atoms with Gasteiger partial charge in [-0.1, -0.05) is 60.7 Å². The van der Waals surface area contributed by atoms with Crippen LogP contribution in [0.5, 0.6) is 0 Å². The average Bonchev–Trinajstić information content (AvgIpc) is 3.08. The predicted molar refractivity (Wildman–Crippen MR) is 107 cm³/mol. The number of rotatable bonds is 5. The number of carbonyl (C=O) groups is 1. The molecule has 0 atom stereocenters. The number of furan rings is 1. The summed E-state index contributed by atoms with van der Waals surface area (Å²) in [5.41, 5.74) is 4.37. The fourth-order valence-corrected chi connectivity index (χ4v) is 3.13. The lowest BCUT2D eigenvalue weighted by Crippen LogP contribution is -2.13. The molecule has 3 aromatic carbocycles. The van der Waals surface area contributed by atoms with Crippen molar-refractivity contribution >= 4 is 22.6 Å². The molecule has 4 rings (SSSR count). The first kappa shape index (κ1) is 17.1. The smallest absolute Gasteiger partial charge is 0.291 e. The molecule has 1 amide bonds. The van der Waals surface area contributed by atoms with E-state index in [0.717, 1.165) is 22.1 Å². The predicted octanol–water partition coefficient (Wildman–Crippen LogP) is 5.50. The highest BCUT2D eigenvalue weighted by Gasteiger charge is 2.20. The standard InChI is InChI=1S/C23H19NO3/c1-26-15-20-19-9-5-6-10-21(19)27-22(20)23(25)24-18-13-11-17(12-14-18)16-7-3-2-4-8-16/h2-14H,15H2,1H3,(H,24,25). The second-order valence-corrected chi connectivity index (χ2v) is 6.24. The molecule has 0 saturated carbocycles. The molecule has 4 nitrogen and oxygen atoms in total. The van der Waals surface area contributed by atoms with Crippen molar-refractivity contribution in [3.63, 3.8) is 0 Å². The average molecular weight is 357 g/mol. The van der Waals surface area contributed by atoms with Crippen LogP contribution in [0, 0.1) is 0 Å². The van der Waals surface area contributed by atoms with Gasteiger partial charge in [-0.3, -0.25) is 4.79 Å². The normalized spacial score (nSPS) is 10.9. The Morgan fingerprint density at radius 3 is 2.30 bits per heavy atom. The summed E-state index contributed by atoms with van der Waals surface area (Å²) in [4.78, 5) is 12.8. The molecule has 0 spiro atoms. The van der Waals surface area contributed by atoms with Gasteiger partial charge in [0, 0.05) is 23.7 Å². The van der Waals surface area contributed by atoms with Crippen LogP contribution in [0.3, 0.4) is 0 Å². The highest BCUT2D eigenvalue weighted by molar-refractivity contribution is 6.06. The van der Waals surface area contributed by atoms with Gasteiger partial charge in [0.2, 0.25) is 0 Å². The number of para-hydroxylation sites is 1. The van der Waals surface area contributed by atoms with Crippen LogP contribution in [-0.2, 0) is 11.3 Å². The van der Waals surface area contributed by atoms with Crippen molar-refractivity contribution in [2.75, 3.05) is 12.4 Å². The summed E-state index contributed by atoms with van der Waals surface area (Å²) in [6.45, 7) is 0.312. The lowest BCUT2D eigenvalue weighted by atomic mass is 10.1. The molecule has 0 bridgehead atoms. The molecule has 1 aromatic heterocycles. The van der Waals surface area contributed by atoms with Crippen LogP contribution >= 0.6 is 0 Å². The zero-order valence-corrected chi connectivity index (χ0v) is 14.9. The van der Waals surface area contributed by atoms with Crippen LogP contribution in [0.15, 0.2) is 83.3 Å². The molecule has 0 aliphatic heterocycles. The molecule has 0 unspecified atom stereocenters. The summed E-state index contributed by atoms with van der Waals surface area (Å²) in [6.07, 6.45) is 0. The van der Waals surface area contributed by atoms with Gasteiger partial charge in [0.1, 0.15) is 5.58 Å². The first-order chi connectivity index (χ1) is 13.3. The molecule has 0 aliphatic rings. The third-order valence-corrected chi connectivity index (χ3v) is 4.44. The third-order valence-electron chi connectivity index (χ3n) is 4.44. The zero-order chi connectivity index (χ0) is 18.6. The summed E-state index contributed by atoms with van der Waals surface area (Å²) in [5, 5.41) is 3.80. The number of carbonyl (C=O) groups excluding carboxylic acids is 1. The molecule has 0 aliphatic carbocycles. The summed E-state index contributed by atoms with van der Waals surface area (Å²) in [6, 6.07) is 25.4. The lowest BCUT2D eigenvalue weighted by molar-refractivity contribution is 0.0992. The topological polar surface area (TPSA) is 51.5 Å². The Kier molecular flexibility index (Phi) is 4.73. The second kappa shape index (κ2) is 7.48. The van der Waals surface area contributed by atoms with Gasteiger partial charge in [0.25, 0.3) is 5.91 Å². The Bertz CT molecular complexity index is 1070. The van der Waals surface area contributed by atoms with Gasteiger partial charge in [0.05, 0.1) is 6.61 Å². The van der Waals surface area contributed by atoms with Crippen molar-refractivity contribution in [1.82, 2.24) is 0 Å². The monoisotopic (exact) mass is 357 g/mol. The van der Waals surface area contributed by atoms with Crippen molar-refractivity contribution in [2.24, 2.45) is 0 Å². The van der Waals surface area contributed by atoms with E-state index in [0.29, 0.717) is 17.9 Å². The van der Waals surface area contributed by atoms with E-state index in [-0.39, 0.29) is 11.7 Å². The van der Waals surface area contributed by atoms with Crippen molar-refractivity contribution in [3.8, 4) is 11.1 Å². The Hall–Kier alpha value is -3.37. The van der Waals surface area contributed by atoms with Crippen molar-refractivity contribution < 1.29 is 13.9 Å². The minimum Gasteiger partial charge on any atom is -0.451 e. The van der Waals surface area contributed by atoms with Crippen LogP contribution in [0.4, 0.5) is 5.69 Å². The zero-order valence-electron chi connectivity index (χ0n) is 14.9. The molecule has 0 radical (unpaired) electrons. The van der Waals surface area contributed by atoms with E-state index in [4.69, 9.17) is 9.15 Å². The highest BCUT2D eigenvalue weighted by Crippen LogP contribution is 2.28. The van der Waals surface area contributed by atoms with Gasteiger partial charge in [0.15, 0.2) is 5.76 Å². The fourth-order valence-electron chi connectivity index (χ4n) is 3.13. The number of amides is 1. The number of benzene rings is 3. The van der Waals surface area contributed by atoms with E-state index in [1.807, 2.05) is 66.7 Å². The molecule has 4 heteroatoms. The number of hydrogen-bond acceptors (Lipinski definition) is 3. The van der Waals surface area contributed by atoms with E-state index in [2.05, 4.69) is 17.4 Å². The van der Waals surface area contributed by atoms with Gasteiger partial charge >= 0.3 is 0 Å². The van der Waals surface area contributed by atoms with Crippen LogP contribution in [-0.4, -0.2) is 13.0 Å². The van der Waals surface area contributed by atoms with E-state index in [9.17, 15) is 4.79 Å². The Balaban J connectivity index is 1.59. The molecule has 4 aromatic rings. The summed E-state index contributed by atoms with van der Waals surface area (Å²) in [5.74, 6) is -0.00380. The van der Waals surface area contributed by atoms with Crippen LogP contribution in [0.2, 0.25) is 0 Å². The Morgan fingerprint density at radius 2 is 1.56 bits per heavy atom. The minimum absolute atomic E-state index is 0.283. The second-order valence-electron chi connectivity index (χ2n) is 6.24. The molecular formula is C23H19NO3. The maximum absolute atomic E-state index is 12.8. The van der Waals surface area contributed by atoms with Crippen molar-refractivity contribution in [2.45, 2.75) is 6.61 Å². The number of methoxy groups -OCH3 is 1. The molecule has 1 heterocycles. The van der Waals surface area contributed by atoms with Gasteiger partial charge in [-0.25, -0.2) is 0 Å². The first-order valence-electron chi connectivity index (χ1n) is 8.72. The van der Waals surface area contributed by atoms with Crippen LogP contribution in [0.1, 0.15) is 16.1 Å². The molecule has 1 N–H and O–H groups in total. The Morgan fingerprint density at radius 1 is 0.889 bits per heavy atom. The van der Waals surface area contributed by atoms with E-state index in [1.54, 1.807) is 7.11 Å². The largest absolute Gasteiger partial charge is 0.451 e. The number of fused-ring (bicyclic) bond motifs is 1. The van der Waals surface area contributed by atoms with E-state index < -0.39 is 0 Å². The molecule has 0 fully saturated rings. The summed E-state index contributed by atoms with van der Waals surface area (Å²) >= 11 is 0. The molecular weight excluding hydrogens is 338 g/mol. The number of nitrogens with one attached hydrogen (secondary N) is 1. The van der Waals surface area contributed by atoms with Crippen LogP contribution < -0.4 is 5.32 Å². The van der Waals surface area contributed by atoms with Crippen molar-refractivity contribution in [1.29, 1.82) is 0 Å². The van der Waals surface area contributed by atoms with Crippen molar-refractivity contribution in [3.05, 3.63) is 90.2 Å². The fraction of sp³-hybridized carbons (Fsp3) is 0.0870. The maximum atomic E-state index is 12.8. The maximum Gasteiger partial charge on any atom is 0.291 e. The van der Waals surface area contributed by atoms with Gasteiger partial charge < -0.3 is 14.5 Å². The lowest BCUT2D eigenvalue weighted by Gasteiger charge is -2.07. The number of hydrogen-bond donors (Lipinski definition) is 1. The highest BCUT2D eigenvalue weighted by atomic mass is 16.5. The summed E-state index contributed by atoms with van der Waals surface area (Å²) in [7, 11) is 1.60. The van der Waals surface area contributed by atoms with E-state index in [1.165, 1.54) is 0 Å². The molecule has 134 valence electrons. The Labute approximate surface area is 157 Å². The molecule has 0 saturated heterocycles. The molecule has 27 heavy (non-hydrogen) atoms. The van der Waals surface area contributed by atoms with Gasteiger partial charge in [-0.05, 0) is 29.3 Å². The SMILES string of the molecule is COCc1c(C(=O)Nc2ccc(-c3ccccc3)cc2)oc2ccccc12.